The second-order valence-corrected chi connectivity index (χ2v) is 5.53. The van der Waals surface area contributed by atoms with Crippen LogP contribution in [-0.2, 0) is 0 Å². The number of anilines is 1. The molecule has 1 aliphatic heterocycles. The van der Waals surface area contributed by atoms with Crippen molar-refractivity contribution < 1.29 is 0 Å². The fourth-order valence-electron chi connectivity index (χ4n) is 3.00. The normalized spacial score (nSPS) is 22.1. The summed E-state index contributed by atoms with van der Waals surface area (Å²) in [7, 11) is 2.22. The minimum absolute atomic E-state index is 0.453. The van der Waals surface area contributed by atoms with Gasteiger partial charge >= 0.3 is 0 Å². The van der Waals surface area contributed by atoms with Crippen LogP contribution in [0.3, 0.4) is 0 Å². The molecule has 0 aromatic carbocycles. The Hall–Kier alpha value is -1.09. The maximum absolute atomic E-state index is 4.64. The summed E-state index contributed by atoms with van der Waals surface area (Å²) in [5.74, 6) is 0. The fourth-order valence-corrected chi connectivity index (χ4v) is 3.00. The lowest BCUT2D eigenvalue weighted by Crippen LogP contribution is -2.44. The fraction of sp³-hybridized carbons (Fsp3) is 0.667. The summed E-state index contributed by atoms with van der Waals surface area (Å²) in [5, 5.41) is 0. The molecule has 3 heteroatoms. The highest BCUT2D eigenvalue weighted by molar-refractivity contribution is 5.57. The lowest BCUT2D eigenvalue weighted by molar-refractivity contribution is 0.266. The Balaban J connectivity index is 2.40. The van der Waals surface area contributed by atoms with Crippen molar-refractivity contribution in [3.8, 4) is 0 Å². The molecule has 2 heterocycles. The summed E-state index contributed by atoms with van der Waals surface area (Å²) in [4.78, 5) is 9.59. The number of aryl methyl sites for hydroxylation is 3. The Kier molecular flexibility index (Phi) is 3.91. The Labute approximate surface area is 111 Å². The average Bonchev–Trinajstić information content (AvgIpc) is 2.43. The predicted molar refractivity (Wildman–Crippen MR) is 77.1 cm³/mol. The molecule has 1 saturated heterocycles. The molecule has 0 N–H and O–H groups in total. The molecule has 100 valence electrons. The van der Waals surface area contributed by atoms with E-state index in [1.165, 1.54) is 30.6 Å². The van der Waals surface area contributed by atoms with Crippen LogP contribution in [0.2, 0.25) is 0 Å². The van der Waals surface area contributed by atoms with Crippen molar-refractivity contribution in [1.29, 1.82) is 0 Å². The van der Waals surface area contributed by atoms with Crippen LogP contribution in [0.25, 0.3) is 0 Å². The van der Waals surface area contributed by atoms with Crippen molar-refractivity contribution in [2.24, 2.45) is 0 Å². The first-order valence-corrected chi connectivity index (χ1v) is 6.92. The lowest BCUT2D eigenvalue weighted by Gasteiger charge is -2.36. The Morgan fingerprint density at radius 1 is 1.17 bits per heavy atom. The van der Waals surface area contributed by atoms with E-state index in [-0.39, 0.29) is 0 Å². The standard InChI is InChI=1S/C15H25N3/c1-11-10-12(2)16-13(3)15(11)18-9-7-6-8-17(5)14(18)4/h10,14H,6-9H2,1-5H3. The highest BCUT2D eigenvalue weighted by Crippen LogP contribution is 2.28. The van der Waals surface area contributed by atoms with E-state index in [4.69, 9.17) is 0 Å². The molecule has 18 heavy (non-hydrogen) atoms. The molecule has 0 amide bonds. The van der Waals surface area contributed by atoms with Crippen LogP contribution in [-0.4, -0.2) is 36.2 Å². The van der Waals surface area contributed by atoms with Gasteiger partial charge in [-0.25, -0.2) is 0 Å². The smallest absolute Gasteiger partial charge is 0.0790 e. The molecule has 0 saturated carbocycles. The molecule has 2 rings (SSSR count). The van der Waals surface area contributed by atoms with Crippen LogP contribution >= 0.6 is 0 Å². The van der Waals surface area contributed by atoms with Crippen molar-refractivity contribution in [1.82, 2.24) is 9.88 Å². The molecule has 0 radical (unpaired) electrons. The SMILES string of the molecule is Cc1cc(C)c(N2CCCCN(C)C2C)c(C)n1. The molecule has 1 atom stereocenters. The molecule has 1 aromatic heterocycles. The minimum Gasteiger partial charge on any atom is -0.354 e. The monoisotopic (exact) mass is 247 g/mol. The summed E-state index contributed by atoms with van der Waals surface area (Å²) in [6.45, 7) is 11.0. The number of pyridine rings is 1. The van der Waals surface area contributed by atoms with Crippen LogP contribution in [0.4, 0.5) is 5.69 Å². The van der Waals surface area contributed by atoms with Crippen LogP contribution in [0, 0.1) is 20.8 Å². The van der Waals surface area contributed by atoms with Gasteiger partial charge in [0.05, 0.1) is 17.5 Å². The van der Waals surface area contributed by atoms with Gasteiger partial charge in [-0.15, -0.1) is 0 Å². The maximum Gasteiger partial charge on any atom is 0.0790 e. The van der Waals surface area contributed by atoms with E-state index in [0.717, 1.165) is 17.9 Å². The second-order valence-electron chi connectivity index (χ2n) is 5.53. The summed E-state index contributed by atoms with van der Waals surface area (Å²) < 4.78 is 0. The zero-order valence-electron chi connectivity index (χ0n) is 12.3. The first-order valence-electron chi connectivity index (χ1n) is 6.92. The first-order chi connectivity index (χ1) is 8.50. The van der Waals surface area contributed by atoms with E-state index >= 15 is 0 Å². The molecule has 0 spiro atoms. The van der Waals surface area contributed by atoms with Gasteiger partial charge in [-0.05, 0) is 65.8 Å². The predicted octanol–water partition coefficient (Wildman–Crippen LogP) is 2.88. The third kappa shape index (κ3) is 2.51. The molecule has 1 aromatic rings. The zero-order chi connectivity index (χ0) is 13.3. The molecule has 1 aliphatic rings. The summed E-state index contributed by atoms with van der Waals surface area (Å²) in [6.07, 6.45) is 3.00. The van der Waals surface area contributed by atoms with E-state index in [0.29, 0.717) is 6.17 Å². The lowest BCUT2D eigenvalue weighted by atomic mass is 10.1. The quantitative estimate of drug-likeness (QED) is 0.760. The van der Waals surface area contributed by atoms with Gasteiger partial charge in [0.25, 0.3) is 0 Å². The Morgan fingerprint density at radius 3 is 2.50 bits per heavy atom. The van der Waals surface area contributed by atoms with Gasteiger partial charge in [-0.3, -0.25) is 9.88 Å². The minimum atomic E-state index is 0.453. The highest BCUT2D eigenvalue weighted by atomic mass is 15.3. The van der Waals surface area contributed by atoms with Gasteiger partial charge < -0.3 is 4.90 Å². The van der Waals surface area contributed by atoms with Crippen LogP contribution in [0.5, 0.6) is 0 Å². The van der Waals surface area contributed by atoms with E-state index in [1.807, 2.05) is 0 Å². The zero-order valence-corrected chi connectivity index (χ0v) is 12.3. The topological polar surface area (TPSA) is 19.4 Å². The van der Waals surface area contributed by atoms with Crippen LogP contribution < -0.4 is 4.90 Å². The Morgan fingerprint density at radius 2 is 1.83 bits per heavy atom. The van der Waals surface area contributed by atoms with Gasteiger partial charge in [-0.2, -0.15) is 0 Å². The van der Waals surface area contributed by atoms with E-state index < -0.39 is 0 Å². The van der Waals surface area contributed by atoms with Crippen molar-refractivity contribution >= 4 is 5.69 Å². The van der Waals surface area contributed by atoms with Gasteiger partial charge in [0.1, 0.15) is 0 Å². The molecule has 1 unspecified atom stereocenters. The number of nitrogens with zero attached hydrogens (tertiary/aromatic N) is 3. The second kappa shape index (κ2) is 5.27. The number of aromatic nitrogens is 1. The first kappa shape index (κ1) is 13.3. The summed E-state index contributed by atoms with van der Waals surface area (Å²) >= 11 is 0. The van der Waals surface area contributed by atoms with E-state index in [2.05, 4.69) is 55.6 Å². The van der Waals surface area contributed by atoms with Crippen LogP contribution in [0.1, 0.15) is 36.7 Å². The van der Waals surface area contributed by atoms with Gasteiger partial charge in [0.15, 0.2) is 0 Å². The van der Waals surface area contributed by atoms with Gasteiger partial charge in [-0.1, -0.05) is 0 Å². The van der Waals surface area contributed by atoms with Gasteiger partial charge in [0.2, 0.25) is 0 Å². The average molecular weight is 247 g/mol. The van der Waals surface area contributed by atoms with Crippen LogP contribution in [0.15, 0.2) is 6.07 Å². The molecule has 0 aliphatic carbocycles. The number of rotatable bonds is 1. The van der Waals surface area contributed by atoms with Gasteiger partial charge in [0, 0.05) is 12.2 Å². The van der Waals surface area contributed by atoms with Crippen molar-refractivity contribution in [3.63, 3.8) is 0 Å². The Bertz CT molecular complexity index is 405. The molecule has 1 fully saturated rings. The molecule has 3 nitrogen and oxygen atoms in total. The maximum atomic E-state index is 4.64. The number of hydrogen-bond acceptors (Lipinski definition) is 3. The molecule has 0 bridgehead atoms. The number of hydrogen-bond donors (Lipinski definition) is 0. The van der Waals surface area contributed by atoms with Crippen molar-refractivity contribution in [3.05, 3.63) is 23.0 Å². The molecular formula is C15H25N3. The summed E-state index contributed by atoms with van der Waals surface area (Å²) in [6, 6.07) is 2.19. The molecular weight excluding hydrogens is 222 g/mol. The largest absolute Gasteiger partial charge is 0.354 e. The van der Waals surface area contributed by atoms with E-state index in [9.17, 15) is 0 Å². The third-order valence-corrected chi connectivity index (χ3v) is 4.02. The highest BCUT2D eigenvalue weighted by Gasteiger charge is 2.24. The van der Waals surface area contributed by atoms with Crippen molar-refractivity contribution in [2.75, 3.05) is 25.0 Å². The van der Waals surface area contributed by atoms with E-state index in [1.54, 1.807) is 0 Å². The van der Waals surface area contributed by atoms with Crippen molar-refractivity contribution in [2.45, 2.75) is 46.7 Å². The summed E-state index contributed by atoms with van der Waals surface area (Å²) in [5.41, 5.74) is 4.96. The third-order valence-electron chi connectivity index (χ3n) is 4.02.